The average Bonchev–Trinajstić information content (AvgIpc) is 2.94. The van der Waals surface area contributed by atoms with Gasteiger partial charge in [-0.1, -0.05) is 19.1 Å². The lowest BCUT2D eigenvalue weighted by atomic mass is 9.91. The maximum atomic E-state index is 13.7. The number of fused-ring (bicyclic) bond motifs is 1. The molecule has 38 heavy (non-hydrogen) atoms. The van der Waals surface area contributed by atoms with Crippen molar-refractivity contribution in [3.05, 3.63) is 82.9 Å². The Bertz CT molecular complexity index is 1390. The van der Waals surface area contributed by atoms with Crippen LogP contribution >= 0.6 is 0 Å². The molecule has 0 N–H and O–H groups in total. The molecule has 4 rings (SSSR count). The minimum Gasteiger partial charge on any atom is -0.493 e. The molecule has 0 radical (unpaired) electrons. The van der Waals surface area contributed by atoms with Gasteiger partial charge in [0.25, 0.3) is 5.91 Å². The van der Waals surface area contributed by atoms with E-state index >= 15 is 0 Å². The second kappa shape index (κ2) is 11.4. The van der Waals surface area contributed by atoms with Crippen molar-refractivity contribution in [3.63, 3.8) is 0 Å². The van der Waals surface area contributed by atoms with Crippen LogP contribution in [0.15, 0.2) is 65.6 Å². The smallest absolute Gasteiger partial charge is 0.254 e. The minimum absolute atomic E-state index is 0.135. The molecule has 1 atom stereocenters. The van der Waals surface area contributed by atoms with E-state index in [0.29, 0.717) is 30.0 Å². The molecule has 1 aliphatic heterocycles. The van der Waals surface area contributed by atoms with Gasteiger partial charge in [0.2, 0.25) is 10.0 Å². The molecule has 0 bridgehead atoms. The van der Waals surface area contributed by atoms with Crippen LogP contribution in [0, 0.1) is 0 Å². The highest BCUT2D eigenvalue weighted by Gasteiger charge is 2.33. The zero-order valence-electron chi connectivity index (χ0n) is 22.4. The summed E-state index contributed by atoms with van der Waals surface area (Å²) in [6, 6.07) is 17.5. The molecule has 1 aliphatic rings. The number of hydrogen-bond donors (Lipinski definition) is 0. The highest BCUT2D eigenvalue weighted by Crippen LogP contribution is 2.39. The molecule has 1 unspecified atom stereocenters. The molecule has 1 heterocycles. The number of benzene rings is 3. The molecule has 1 amide bonds. The van der Waals surface area contributed by atoms with E-state index in [4.69, 9.17) is 14.2 Å². The molecular formula is C29H34N2O6S. The van der Waals surface area contributed by atoms with E-state index in [1.165, 1.54) is 31.8 Å². The lowest BCUT2D eigenvalue weighted by Gasteiger charge is -2.37. The van der Waals surface area contributed by atoms with E-state index in [1.54, 1.807) is 31.3 Å². The normalized spacial score (nSPS) is 15.2. The fourth-order valence-electron chi connectivity index (χ4n) is 4.59. The Kier molecular flexibility index (Phi) is 8.28. The van der Waals surface area contributed by atoms with Crippen LogP contribution in [0.2, 0.25) is 0 Å². The topological polar surface area (TPSA) is 85.4 Å². The van der Waals surface area contributed by atoms with Crippen molar-refractivity contribution in [2.75, 3.05) is 41.5 Å². The second-order valence-electron chi connectivity index (χ2n) is 9.29. The number of rotatable bonds is 9. The Morgan fingerprint density at radius 1 is 0.974 bits per heavy atom. The summed E-state index contributed by atoms with van der Waals surface area (Å²) in [6.45, 7) is 2.82. The van der Waals surface area contributed by atoms with Gasteiger partial charge in [0.05, 0.1) is 25.2 Å². The number of aryl methyl sites for hydroxylation is 1. The Hall–Kier alpha value is -3.56. The molecule has 8 nitrogen and oxygen atoms in total. The van der Waals surface area contributed by atoms with Gasteiger partial charge in [-0.05, 0) is 78.1 Å². The van der Waals surface area contributed by atoms with Crippen molar-refractivity contribution in [1.82, 2.24) is 9.21 Å². The largest absolute Gasteiger partial charge is 0.493 e. The van der Waals surface area contributed by atoms with Crippen LogP contribution in [-0.4, -0.2) is 65.0 Å². The maximum Gasteiger partial charge on any atom is 0.254 e. The molecule has 0 aliphatic carbocycles. The third-order valence-electron chi connectivity index (χ3n) is 6.88. The standard InChI is InChI=1S/C29H34N2O6S/c1-6-20-7-11-23(12-8-20)37-19-26-25-18-28(36-5)27(35-4)17-22(25)15-16-31(26)29(32)21-9-13-24(14-10-21)38(33,34)30(2)3/h7-14,17-18,26H,6,15-16,19H2,1-5H3. The number of carbonyl (C=O) groups excluding carboxylic acids is 1. The lowest BCUT2D eigenvalue weighted by molar-refractivity contribution is 0.0589. The average molecular weight is 539 g/mol. The first-order chi connectivity index (χ1) is 18.2. The number of sulfonamides is 1. The molecule has 3 aromatic carbocycles. The van der Waals surface area contributed by atoms with E-state index < -0.39 is 10.0 Å². The van der Waals surface area contributed by atoms with Gasteiger partial charge in [-0.3, -0.25) is 4.79 Å². The predicted molar refractivity (Wildman–Crippen MR) is 146 cm³/mol. The van der Waals surface area contributed by atoms with Gasteiger partial charge in [-0.15, -0.1) is 0 Å². The van der Waals surface area contributed by atoms with Crippen LogP contribution in [0.3, 0.4) is 0 Å². The third kappa shape index (κ3) is 5.49. The molecule has 0 aromatic heterocycles. The molecule has 0 saturated carbocycles. The zero-order chi connectivity index (χ0) is 27.4. The Morgan fingerprint density at radius 3 is 2.18 bits per heavy atom. The predicted octanol–water partition coefficient (Wildman–Crippen LogP) is 4.34. The van der Waals surface area contributed by atoms with Gasteiger partial charge >= 0.3 is 0 Å². The van der Waals surface area contributed by atoms with Crippen LogP contribution in [0.4, 0.5) is 0 Å². The summed E-state index contributed by atoms with van der Waals surface area (Å²) in [5, 5.41) is 0. The number of nitrogens with zero attached hydrogens (tertiary/aromatic N) is 2. The molecule has 0 spiro atoms. The first-order valence-electron chi connectivity index (χ1n) is 12.5. The summed E-state index contributed by atoms with van der Waals surface area (Å²) in [5.41, 5.74) is 3.62. The molecular weight excluding hydrogens is 504 g/mol. The molecule has 0 fully saturated rings. The maximum absolute atomic E-state index is 13.7. The van der Waals surface area contributed by atoms with Crippen LogP contribution in [0.5, 0.6) is 17.2 Å². The van der Waals surface area contributed by atoms with Crippen molar-refractivity contribution < 1.29 is 27.4 Å². The van der Waals surface area contributed by atoms with E-state index in [1.807, 2.05) is 36.4 Å². The summed E-state index contributed by atoms with van der Waals surface area (Å²) in [5.74, 6) is 1.74. The highest BCUT2D eigenvalue weighted by molar-refractivity contribution is 7.89. The van der Waals surface area contributed by atoms with Gasteiger partial charge in [-0.2, -0.15) is 0 Å². The first-order valence-corrected chi connectivity index (χ1v) is 13.9. The van der Waals surface area contributed by atoms with Gasteiger partial charge in [0.1, 0.15) is 12.4 Å². The van der Waals surface area contributed by atoms with Crippen LogP contribution in [-0.2, 0) is 22.9 Å². The monoisotopic (exact) mass is 538 g/mol. The number of ether oxygens (including phenoxy) is 3. The number of carbonyl (C=O) groups is 1. The van der Waals surface area contributed by atoms with E-state index in [9.17, 15) is 13.2 Å². The van der Waals surface area contributed by atoms with Gasteiger partial charge in [-0.25, -0.2) is 12.7 Å². The van der Waals surface area contributed by atoms with Crippen molar-refractivity contribution in [2.45, 2.75) is 30.7 Å². The fraction of sp³-hybridized carbons (Fsp3) is 0.345. The van der Waals surface area contributed by atoms with Gasteiger partial charge in [0.15, 0.2) is 11.5 Å². The van der Waals surface area contributed by atoms with Crippen molar-refractivity contribution in [1.29, 1.82) is 0 Å². The van der Waals surface area contributed by atoms with Crippen LogP contribution in [0.1, 0.15) is 40.0 Å². The lowest BCUT2D eigenvalue weighted by Crippen LogP contribution is -2.42. The molecule has 9 heteroatoms. The van der Waals surface area contributed by atoms with E-state index in [2.05, 4.69) is 6.92 Å². The van der Waals surface area contributed by atoms with Crippen molar-refractivity contribution in [2.24, 2.45) is 0 Å². The Labute approximate surface area is 224 Å². The zero-order valence-corrected chi connectivity index (χ0v) is 23.2. The summed E-state index contributed by atoms with van der Waals surface area (Å²) in [6.07, 6.45) is 1.57. The number of hydrogen-bond acceptors (Lipinski definition) is 6. The molecule has 3 aromatic rings. The molecule has 202 valence electrons. The number of amides is 1. The molecule has 0 saturated heterocycles. The van der Waals surface area contributed by atoms with Crippen molar-refractivity contribution in [3.8, 4) is 17.2 Å². The Balaban J connectivity index is 1.67. The Morgan fingerprint density at radius 2 is 1.61 bits per heavy atom. The third-order valence-corrected chi connectivity index (χ3v) is 8.71. The summed E-state index contributed by atoms with van der Waals surface area (Å²) in [7, 11) is 2.54. The quantitative estimate of drug-likeness (QED) is 0.403. The van der Waals surface area contributed by atoms with E-state index in [-0.39, 0.29) is 23.5 Å². The summed E-state index contributed by atoms with van der Waals surface area (Å²) in [4.78, 5) is 15.7. The SMILES string of the molecule is CCc1ccc(OCC2c3cc(OC)c(OC)cc3CCN2C(=O)c2ccc(S(=O)(=O)N(C)C)cc2)cc1. The second-order valence-corrected chi connectivity index (χ2v) is 11.4. The van der Waals surface area contributed by atoms with Crippen LogP contribution < -0.4 is 14.2 Å². The first kappa shape index (κ1) is 27.5. The van der Waals surface area contributed by atoms with Gasteiger partial charge in [0, 0.05) is 26.2 Å². The van der Waals surface area contributed by atoms with Crippen molar-refractivity contribution >= 4 is 15.9 Å². The highest BCUT2D eigenvalue weighted by atomic mass is 32.2. The fourth-order valence-corrected chi connectivity index (χ4v) is 5.50. The minimum atomic E-state index is -3.59. The summed E-state index contributed by atoms with van der Waals surface area (Å²) < 4.78 is 43.3. The van der Waals surface area contributed by atoms with Gasteiger partial charge < -0.3 is 19.1 Å². The van der Waals surface area contributed by atoms with E-state index in [0.717, 1.165) is 27.6 Å². The van der Waals surface area contributed by atoms with Crippen LogP contribution in [0.25, 0.3) is 0 Å². The summed E-state index contributed by atoms with van der Waals surface area (Å²) >= 11 is 0. The number of methoxy groups -OCH3 is 2.